The monoisotopic (exact) mass is 737 g/mol. The summed E-state index contributed by atoms with van der Waals surface area (Å²) in [4.78, 5) is 29.1. The molecule has 0 radical (unpaired) electrons. The molecule has 13 heteroatoms. The smallest absolute Gasteiger partial charge is 0.261 e. The van der Waals surface area contributed by atoms with Crippen LogP contribution in [0.1, 0.15) is 16.7 Å². The van der Waals surface area contributed by atoms with Gasteiger partial charge < -0.3 is 15.0 Å². The second kappa shape index (κ2) is 16.6. The number of rotatable bonds is 14. The van der Waals surface area contributed by atoms with Gasteiger partial charge in [-0.1, -0.05) is 71.7 Å². The summed E-state index contributed by atoms with van der Waals surface area (Å²) >= 11 is 12.4. The van der Waals surface area contributed by atoms with Crippen LogP contribution in [0.25, 0.3) is 0 Å². The topological polar surface area (TPSA) is 105 Å². The van der Waals surface area contributed by atoms with Crippen molar-refractivity contribution in [1.29, 1.82) is 0 Å². The number of nitrogens with zero attached hydrogens (tertiary/aromatic N) is 1. The van der Waals surface area contributed by atoms with Gasteiger partial charge in [-0.3, -0.25) is 14.3 Å². The Bertz CT molecular complexity index is 2040. The fourth-order valence-corrected chi connectivity index (χ4v) is 6.51. The molecule has 0 heterocycles. The first-order chi connectivity index (χ1) is 24.0. The van der Waals surface area contributed by atoms with Crippen LogP contribution >= 0.6 is 23.2 Å². The van der Waals surface area contributed by atoms with Crippen molar-refractivity contribution >= 4 is 50.7 Å². The molecule has 50 heavy (non-hydrogen) atoms. The van der Waals surface area contributed by atoms with Crippen molar-refractivity contribution in [3.8, 4) is 5.75 Å². The quantitative estimate of drug-likeness (QED) is 0.124. The summed E-state index contributed by atoms with van der Waals surface area (Å²) in [6, 6.07) is 28.9. The molecule has 0 aliphatic carbocycles. The first-order valence-electron chi connectivity index (χ1n) is 15.3. The molecule has 0 fully saturated rings. The van der Waals surface area contributed by atoms with Crippen molar-refractivity contribution in [1.82, 2.24) is 10.2 Å². The second-order valence-corrected chi connectivity index (χ2v) is 13.7. The van der Waals surface area contributed by atoms with Gasteiger partial charge in [-0.05, 0) is 89.5 Å². The van der Waals surface area contributed by atoms with Gasteiger partial charge in [0.1, 0.15) is 23.4 Å². The largest absolute Gasteiger partial charge is 0.484 e. The van der Waals surface area contributed by atoms with Crippen LogP contribution in [0, 0.1) is 11.6 Å². The highest BCUT2D eigenvalue weighted by Gasteiger charge is 2.31. The fourth-order valence-electron chi connectivity index (χ4n) is 4.98. The lowest BCUT2D eigenvalue weighted by Crippen LogP contribution is -2.51. The molecule has 258 valence electrons. The predicted octanol–water partition coefficient (Wildman–Crippen LogP) is 7.41. The van der Waals surface area contributed by atoms with Crippen LogP contribution < -0.4 is 14.8 Å². The molecule has 5 rings (SSSR count). The highest BCUT2D eigenvalue weighted by atomic mass is 35.5. The summed E-state index contributed by atoms with van der Waals surface area (Å²) in [5.74, 6) is -1.77. The van der Waals surface area contributed by atoms with E-state index >= 15 is 0 Å². The maximum Gasteiger partial charge on any atom is 0.261 e. The van der Waals surface area contributed by atoms with Crippen molar-refractivity contribution < 1.29 is 31.5 Å². The summed E-state index contributed by atoms with van der Waals surface area (Å²) in [6.07, 6.45) is 0.154. The summed E-state index contributed by atoms with van der Waals surface area (Å²) in [7, 11) is -4.00. The molecular formula is C37H31Cl2F2N3O5S. The average molecular weight is 739 g/mol. The lowest BCUT2D eigenvalue weighted by Gasteiger charge is -2.31. The SMILES string of the molecule is O=C(NCc1ccc(Cl)cc1Cl)[C@@H](Cc1ccccc1)N(Cc1ccc(F)cc1)C(=O)COc1ccc(S(=O)(=O)Nc2ccc(F)cc2)cc1. The molecule has 0 spiro atoms. The number of halogens is 4. The van der Waals surface area contributed by atoms with Crippen molar-refractivity contribution in [2.75, 3.05) is 11.3 Å². The Morgan fingerprint density at radius 2 is 1.42 bits per heavy atom. The molecule has 0 aromatic heterocycles. The molecule has 0 aliphatic rings. The number of benzene rings is 5. The lowest BCUT2D eigenvalue weighted by molar-refractivity contribution is -0.142. The lowest BCUT2D eigenvalue weighted by atomic mass is 10.0. The van der Waals surface area contributed by atoms with E-state index < -0.39 is 46.1 Å². The number of sulfonamides is 1. The number of carbonyl (C=O) groups excluding carboxylic acids is 2. The van der Waals surface area contributed by atoms with Crippen molar-refractivity contribution in [2.24, 2.45) is 0 Å². The molecule has 0 saturated heterocycles. The third-order valence-electron chi connectivity index (χ3n) is 7.60. The van der Waals surface area contributed by atoms with Crippen LogP contribution in [-0.2, 0) is 39.1 Å². The highest BCUT2D eigenvalue weighted by Crippen LogP contribution is 2.23. The summed E-state index contributed by atoms with van der Waals surface area (Å²) in [6.45, 7) is -0.468. The van der Waals surface area contributed by atoms with Gasteiger partial charge in [0, 0.05) is 35.2 Å². The minimum Gasteiger partial charge on any atom is -0.484 e. The standard InChI is InChI=1S/C37H31Cl2F2N3O5S/c38-28-9-8-27(34(39)21-28)22-42-37(46)35(20-25-4-2-1-3-5-25)44(23-26-6-10-29(40)11-7-26)36(45)24-49-32-16-18-33(19-17-32)50(47,48)43-31-14-12-30(41)13-15-31/h1-19,21,35,43H,20,22-24H2,(H,42,46)/t35-/m1/s1. The Morgan fingerprint density at radius 1 is 0.780 bits per heavy atom. The number of amides is 2. The highest BCUT2D eigenvalue weighted by molar-refractivity contribution is 7.92. The predicted molar refractivity (Wildman–Crippen MR) is 188 cm³/mol. The summed E-state index contributed by atoms with van der Waals surface area (Å²) < 4.78 is 60.8. The Kier molecular flexibility index (Phi) is 12.1. The third-order valence-corrected chi connectivity index (χ3v) is 9.58. The molecule has 1 atom stereocenters. The minimum absolute atomic E-state index is 0.0403. The van der Waals surface area contributed by atoms with Crippen LogP contribution in [-0.4, -0.2) is 37.8 Å². The van der Waals surface area contributed by atoms with Crippen LogP contribution in [0.5, 0.6) is 5.75 Å². The van der Waals surface area contributed by atoms with Gasteiger partial charge in [-0.2, -0.15) is 0 Å². The maximum absolute atomic E-state index is 13.9. The van der Waals surface area contributed by atoms with E-state index in [1.807, 2.05) is 30.3 Å². The number of carbonyl (C=O) groups is 2. The van der Waals surface area contributed by atoms with Gasteiger partial charge in [0.25, 0.3) is 15.9 Å². The molecule has 0 saturated carbocycles. The van der Waals surface area contributed by atoms with Crippen molar-refractivity contribution in [3.05, 3.63) is 160 Å². The number of ether oxygens (including phenoxy) is 1. The molecular weight excluding hydrogens is 707 g/mol. The zero-order chi connectivity index (χ0) is 35.7. The Morgan fingerprint density at radius 3 is 2.06 bits per heavy atom. The molecule has 5 aromatic rings. The van der Waals surface area contributed by atoms with E-state index in [0.29, 0.717) is 21.2 Å². The van der Waals surface area contributed by atoms with E-state index in [-0.39, 0.29) is 35.8 Å². The van der Waals surface area contributed by atoms with Crippen LogP contribution in [0.4, 0.5) is 14.5 Å². The van der Waals surface area contributed by atoms with Gasteiger partial charge >= 0.3 is 0 Å². The van der Waals surface area contributed by atoms with Gasteiger partial charge in [-0.25, -0.2) is 17.2 Å². The fraction of sp³-hybridized carbons (Fsp3) is 0.135. The molecule has 5 aromatic carbocycles. The van der Waals surface area contributed by atoms with Crippen LogP contribution in [0.15, 0.2) is 126 Å². The number of nitrogens with one attached hydrogen (secondary N) is 2. The van der Waals surface area contributed by atoms with Gasteiger partial charge in [0.2, 0.25) is 5.91 Å². The zero-order valence-corrected chi connectivity index (χ0v) is 28.7. The maximum atomic E-state index is 13.9. The number of hydrogen-bond acceptors (Lipinski definition) is 5. The van der Waals surface area contributed by atoms with E-state index in [4.69, 9.17) is 27.9 Å². The molecule has 2 amide bonds. The van der Waals surface area contributed by atoms with Crippen molar-refractivity contribution in [2.45, 2.75) is 30.4 Å². The van der Waals surface area contributed by atoms with E-state index in [2.05, 4.69) is 10.0 Å². The normalized spacial score (nSPS) is 11.8. The van der Waals surface area contributed by atoms with E-state index in [1.54, 1.807) is 18.2 Å². The molecule has 0 bridgehead atoms. The molecule has 0 unspecified atom stereocenters. The first kappa shape index (κ1) is 36.3. The second-order valence-electron chi connectivity index (χ2n) is 11.2. The first-order valence-corrected chi connectivity index (χ1v) is 17.5. The van der Waals surface area contributed by atoms with Crippen molar-refractivity contribution in [3.63, 3.8) is 0 Å². The average Bonchev–Trinajstić information content (AvgIpc) is 3.10. The van der Waals surface area contributed by atoms with Gasteiger partial charge in [0.15, 0.2) is 6.61 Å². The van der Waals surface area contributed by atoms with E-state index in [1.165, 1.54) is 65.6 Å². The Labute approximate surface area is 298 Å². The zero-order valence-electron chi connectivity index (χ0n) is 26.4. The van der Waals surface area contributed by atoms with Gasteiger partial charge in [0.05, 0.1) is 4.90 Å². The van der Waals surface area contributed by atoms with E-state index in [9.17, 15) is 26.8 Å². The molecule has 2 N–H and O–H groups in total. The summed E-state index contributed by atoms with van der Waals surface area (Å²) in [5.41, 5.74) is 2.18. The Hall–Kier alpha value is -4.97. The van der Waals surface area contributed by atoms with Gasteiger partial charge in [-0.15, -0.1) is 0 Å². The Balaban J connectivity index is 1.36. The van der Waals surface area contributed by atoms with Crippen LogP contribution in [0.2, 0.25) is 10.0 Å². The third kappa shape index (κ3) is 10.0. The number of hydrogen-bond donors (Lipinski definition) is 2. The van der Waals surface area contributed by atoms with Crippen LogP contribution in [0.3, 0.4) is 0 Å². The number of anilines is 1. The summed E-state index contributed by atoms with van der Waals surface area (Å²) in [5, 5.41) is 3.70. The van der Waals surface area contributed by atoms with E-state index in [0.717, 1.165) is 17.7 Å². The molecule has 0 aliphatic heterocycles. The minimum atomic E-state index is -4.00. The molecule has 8 nitrogen and oxygen atoms in total.